The van der Waals surface area contributed by atoms with Gasteiger partial charge in [0, 0.05) is 11.1 Å². The van der Waals surface area contributed by atoms with Crippen LogP contribution < -0.4 is 0 Å². The van der Waals surface area contributed by atoms with Crippen LogP contribution in [0.3, 0.4) is 0 Å². The first-order valence-electron chi connectivity index (χ1n) is 17.7. The molecule has 0 amide bonds. The molecule has 2 aromatic rings. The van der Waals surface area contributed by atoms with E-state index in [1.807, 2.05) is 30.3 Å². The molecule has 0 heterocycles. The Morgan fingerprint density at radius 1 is 0.841 bits per heavy atom. The number of rotatable bonds is 7. The number of hydrogen-bond acceptors (Lipinski definition) is 2. The maximum absolute atomic E-state index is 13.0. The molecule has 6 rings (SSSR count). The summed E-state index contributed by atoms with van der Waals surface area (Å²) in [7, 11) is 0. The summed E-state index contributed by atoms with van der Waals surface area (Å²) in [5.74, 6) is 11.9. The van der Waals surface area contributed by atoms with Gasteiger partial charge in [-0.15, -0.1) is 0 Å². The minimum absolute atomic E-state index is 0.0340. The first kappa shape index (κ1) is 31.2. The van der Waals surface area contributed by atoms with Crippen LogP contribution in [-0.2, 0) is 4.74 Å². The third-order valence-corrected chi connectivity index (χ3v) is 12.8. The lowest BCUT2D eigenvalue weighted by Gasteiger charge is -2.60. The van der Waals surface area contributed by atoms with Gasteiger partial charge in [0.1, 0.15) is 6.10 Å². The first-order chi connectivity index (χ1) is 21.2. The van der Waals surface area contributed by atoms with E-state index in [1.54, 1.807) is 0 Å². The Morgan fingerprint density at radius 2 is 1.52 bits per heavy atom. The zero-order valence-corrected chi connectivity index (χ0v) is 27.9. The van der Waals surface area contributed by atoms with Crippen molar-refractivity contribution >= 4 is 5.97 Å². The zero-order valence-electron chi connectivity index (χ0n) is 27.9. The maximum Gasteiger partial charge on any atom is 0.338 e. The summed E-state index contributed by atoms with van der Waals surface area (Å²) in [5.41, 5.74) is 3.77. The van der Waals surface area contributed by atoms with Crippen molar-refractivity contribution in [2.45, 2.75) is 105 Å². The Kier molecular flexibility index (Phi) is 9.15. The van der Waals surface area contributed by atoms with Crippen LogP contribution in [0.4, 0.5) is 0 Å². The number of benzene rings is 2. The van der Waals surface area contributed by atoms with E-state index >= 15 is 0 Å². The molecule has 0 spiro atoms. The van der Waals surface area contributed by atoms with Crippen LogP contribution in [0.2, 0.25) is 0 Å². The van der Waals surface area contributed by atoms with E-state index in [4.69, 9.17) is 4.74 Å². The molecule has 4 aliphatic rings. The fourth-order valence-electron chi connectivity index (χ4n) is 10.4. The Balaban J connectivity index is 1.29. The molecule has 44 heavy (non-hydrogen) atoms. The molecule has 0 unspecified atom stereocenters. The van der Waals surface area contributed by atoms with Gasteiger partial charge in [0.25, 0.3) is 0 Å². The van der Waals surface area contributed by atoms with Crippen LogP contribution in [0.25, 0.3) is 0 Å². The molecule has 4 aliphatic carbocycles. The molecule has 0 radical (unpaired) electrons. The second kappa shape index (κ2) is 12.9. The summed E-state index contributed by atoms with van der Waals surface area (Å²) in [5, 5.41) is 0. The number of allylic oxidation sites excluding steroid dienone is 2. The van der Waals surface area contributed by atoms with Crippen molar-refractivity contribution in [1.29, 1.82) is 0 Å². The summed E-state index contributed by atoms with van der Waals surface area (Å²) >= 11 is 0. The normalized spacial score (nSPS) is 34.9. The predicted octanol–water partition coefficient (Wildman–Crippen LogP) is 10.5. The molecule has 0 aromatic heterocycles. The van der Waals surface area contributed by atoms with Gasteiger partial charge in [-0.3, -0.25) is 0 Å². The highest BCUT2D eigenvalue weighted by Crippen LogP contribution is 2.68. The molecule has 2 heteroatoms. The van der Waals surface area contributed by atoms with E-state index < -0.39 is 0 Å². The van der Waals surface area contributed by atoms with Crippen LogP contribution in [0.15, 0.2) is 72.3 Å². The van der Waals surface area contributed by atoms with Crippen LogP contribution in [0.5, 0.6) is 0 Å². The minimum Gasteiger partial charge on any atom is -0.459 e. The zero-order chi connectivity index (χ0) is 30.9. The lowest BCUT2D eigenvalue weighted by Crippen LogP contribution is -2.54. The molecule has 0 N–H and O–H groups in total. The average Bonchev–Trinajstić information content (AvgIpc) is 3.38. The SMILES string of the molecule is CC(C)CCC[C@H](C)[C@@H]1CC[C@@H]2[C@H]3C(C#Cc4ccccc4)=C[C@H]4C[C@@H](OC(=O)c5ccccc5)CC[C@]4(C)[C@@H]3CC[C@@]21C. The van der Waals surface area contributed by atoms with Gasteiger partial charge in [-0.2, -0.15) is 0 Å². The summed E-state index contributed by atoms with van der Waals surface area (Å²) in [4.78, 5) is 13.0. The fraction of sp³-hybridized carbons (Fsp3) is 0.595. The third kappa shape index (κ3) is 6.06. The van der Waals surface area contributed by atoms with Crippen molar-refractivity contribution in [3.63, 3.8) is 0 Å². The lowest BCUT2D eigenvalue weighted by molar-refractivity contribution is -0.0869. The molecule has 9 atom stereocenters. The number of carbonyl (C=O) groups is 1. The van der Waals surface area contributed by atoms with E-state index in [2.05, 4.69) is 82.9 Å². The smallest absolute Gasteiger partial charge is 0.338 e. The molecule has 0 bridgehead atoms. The van der Waals surface area contributed by atoms with Gasteiger partial charge in [0.2, 0.25) is 0 Å². The number of hydrogen-bond donors (Lipinski definition) is 0. The fourth-order valence-corrected chi connectivity index (χ4v) is 10.4. The molecule has 2 nitrogen and oxygen atoms in total. The van der Waals surface area contributed by atoms with E-state index in [0.29, 0.717) is 34.7 Å². The molecule has 234 valence electrons. The Bertz CT molecular complexity index is 1380. The van der Waals surface area contributed by atoms with Crippen molar-refractivity contribution in [1.82, 2.24) is 0 Å². The van der Waals surface area contributed by atoms with E-state index in [-0.39, 0.29) is 17.5 Å². The first-order valence-corrected chi connectivity index (χ1v) is 17.7. The number of carbonyl (C=O) groups excluding carboxylic acids is 1. The minimum atomic E-state index is -0.186. The van der Waals surface area contributed by atoms with Crippen LogP contribution in [-0.4, -0.2) is 12.1 Å². The van der Waals surface area contributed by atoms with Gasteiger partial charge < -0.3 is 4.74 Å². The monoisotopic (exact) mass is 590 g/mol. The standard InChI is InChI=1S/C42H54O2/c1-29(2)13-12-14-30(3)36-21-22-37-39-33(20-19-31-15-8-6-9-16-31)27-34-28-35(44-40(43)32-17-10-7-11-18-32)23-25-41(34,4)38(39)24-26-42(36,37)5/h6-11,15-18,27,29-30,34-39H,12-14,21-26,28H2,1-5H3/t30-,34-,35-,36-,37+,38+,39+,41-,42+/m0/s1. The van der Waals surface area contributed by atoms with Gasteiger partial charge in [0.05, 0.1) is 5.56 Å². The van der Waals surface area contributed by atoms with Crippen molar-refractivity contribution in [2.75, 3.05) is 0 Å². The van der Waals surface area contributed by atoms with Crippen molar-refractivity contribution in [3.8, 4) is 11.8 Å². The largest absolute Gasteiger partial charge is 0.459 e. The number of ether oxygens (including phenoxy) is 1. The highest BCUT2D eigenvalue weighted by atomic mass is 16.5. The van der Waals surface area contributed by atoms with Crippen molar-refractivity contribution in [3.05, 3.63) is 83.4 Å². The van der Waals surface area contributed by atoms with E-state index in [9.17, 15) is 4.79 Å². The molecule has 2 aromatic carbocycles. The second-order valence-electron chi connectivity index (χ2n) is 15.8. The molecular weight excluding hydrogens is 536 g/mol. The molecule has 3 saturated carbocycles. The van der Waals surface area contributed by atoms with Gasteiger partial charge in [-0.1, -0.05) is 108 Å². The third-order valence-electron chi connectivity index (χ3n) is 12.8. The topological polar surface area (TPSA) is 26.3 Å². The Morgan fingerprint density at radius 3 is 2.25 bits per heavy atom. The van der Waals surface area contributed by atoms with Crippen molar-refractivity contribution in [2.24, 2.45) is 52.3 Å². The van der Waals surface area contributed by atoms with E-state index in [1.165, 1.54) is 50.5 Å². The molecular formula is C42H54O2. The summed E-state index contributed by atoms with van der Waals surface area (Å²) in [6.07, 6.45) is 15.0. The van der Waals surface area contributed by atoms with Crippen molar-refractivity contribution < 1.29 is 9.53 Å². The van der Waals surface area contributed by atoms with Crippen LogP contribution in [0.1, 0.15) is 115 Å². The van der Waals surface area contributed by atoms with E-state index in [0.717, 1.165) is 42.6 Å². The molecule has 0 saturated heterocycles. The van der Waals surface area contributed by atoms with Gasteiger partial charge in [-0.25, -0.2) is 4.79 Å². The quantitative estimate of drug-likeness (QED) is 0.237. The van der Waals surface area contributed by atoms with Crippen LogP contribution >= 0.6 is 0 Å². The van der Waals surface area contributed by atoms with Gasteiger partial charge in [0.15, 0.2) is 0 Å². The Labute approximate surface area is 267 Å². The lowest BCUT2D eigenvalue weighted by atomic mass is 9.44. The second-order valence-corrected chi connectivity index (χ2v) is 15.8. The maximum atomic E-state index is 13.0. The van der Waals surface area contributed by atoms with Gasteiger partial charge in [-0.05, 0) is 121 Å². The summed E-state index contributed by atoms with van der Waals surface area (Å²) < 4.78 is 6.14. The summed E-state index contributed by atoms with van der Waals surface area (Å²) in [6.45, 7) is 12.5. The van der Waals surface area contributed by atoms with Crippen LogP contribution in [0, 0.1) is 64.1 Å². The van der Waals surface area contributed by atoms with Gasteiger partial charge >= 0.3 is 5.97 Å². The molecule has 3 fully saturated rings. The Hall–Kier alpha value is -2.79. The average molecular weight is 591 g/mol. The highest BCUT2D eigenvalue weighted by molar-refractivity contribution is 5.89. The highest BCUT2D eigenvalue weighted by Gasteiger charge is 2.61. The number of fused-ring (bicyclic) bond motifs is 5. The molecule has 0 aliphatic heterocycles. The number of esters is 1. The summed E-state index contributed by atoms with van der Waals surface area (Å²) in [6, 6.07) is 20.0. The predicted molar refractivity (Wildman–Crippen MR) is 181 cm³/mol.